The average molecular weight is 1080 g/mol. The third-order valence-electron chi connectivity index (χ3n) is 12.6. The van der Waals surface area contributed by atoms with Crippen molar-refractivity contribution in [2.75, 3.05) is 0 Å². The number of rotatable bonds is 8. The molecule has 2 aliphatic rings. The zero-order valence-electron chi connectivity index (χ0n) is 41.6. The van der Waals surface area contributed by atoms with Crippen LogP contribution in [0, 0.1) is 0 Å². The normalized spacial score (nSPS) is 11.3. The fraction of sp³-hybridized carbons (Fsp3) is 0. The number of fused-ring (bicyclic) bond motifs is 8. The molecule has 13 rings (SSSR count). The molecule has 0 amide bonds. The van der Waals surface area contributed by atoms with E-state index in [1.807, 2.05) is 72.8 Å². The fourth-order valence-corrected chi connectivity index (χ4v) is 8.97. The summed E-state index contributed by atoms with van der Waals surface area (Å²) in [5.74, 6) is 0. The second-order valence-corrected chi connectivity index (χ2v) is 17.6. The molecule has 0 saturated carbocycles. The van der Waals surface area contributed by atoms with Crippen LogP contribution in [0.2, 0.25) is 0 Å². The first kappa shape index (κ1) is 50.7. The van der Waals surface area contributed by atoms with Crippen LogP contribution in [0.1, 0.15) is 45.0 Å². The van der Waals surface area contributed by atoms with Gasteiger partial charge in [-0.2, -0.15) is 0 Å². The van der Waals surface area contributed by atoms with Gasteiger partial charge in [-0.1, -0.05) is 170 Å². The van der Waals surface area contributed by atoms with Gasteiger partial charge in [0.25, 0.3) is 0 Å². The Kier molecular flexibility index (Phi) is 16.4. The Bertz CT molecular complexity index is 3480. The number of pyridine rings is 4. The standard InChI is InChI=1S/C44H28N4.2C12H10N2.Ru/c1-5-13-29(14-6-1)41-33-21-23-35(45-33)42(30-15-7-2-8-16-30)37-25-27-39(47-37)44(32-19-11-4-12-20-32)40-28-26-38(48-40)43(31-17-9-3-10-18-31)36-24-22-34(41)46-36;2*1(11-3-7-13-8-4-11)2-12-5-9-14-10-6-12;/h1-28H;2*1-10H;/q-2;;;+2/b;2*2-1+;. The molecule has 11 aromatic rings. The second kappa shape index (κ2) is 24.9. The molecule has 8 bridgehead atoms. The first-order valence-electron chi connectivity index (χ1n) is 24.9. The van der Waals surface area contributed by atoms with Crippen LogP contribution in [0.25, 0.3) is 115 Å². The molecule has 0 aliphatic carbocycles. The van der Waals surface area contributed by atoms with Crippen LogP contribution in [0.4, 0.5) is 0 Å². The second-order valence-electron chi connectivity index (χ2n) is 17.6. The molecule has 368 valence electrons. The van der Waals surface area contributed by atoms with Gasteiger partial charge in [0.05, 0.1) is 22.8 Å². The molecule has 0 spiro atoms. The van der Waals surface area contributed by atoms with Crippen LogP contribution in [0.15, 0.2) is 244 Å². The zero-order chi connectivity index (χ0) is 51.1. The smallest absolute Gasteiger partial charge is 0.657 e. The van der Waals surface area contributed by atoms with Gasteiger partial charge in [-0.25, -0.2) is 9.97 Å². The summed E-state index contributed by atoms with van der Waals surface area (Å²) in [7, 11) is 0. The molecule has 8 nitrogen and oxygen atoms in total. The zero-order valence-corrected chi connectivity index (χ0v) is 43.4. The van der Waals surface area contributed by atoms with Crippen LogP contribution in [0.5, 0.6) is 0 Å². The molecule has 0 radical (unpaired) electrons. The Morgan fingerprint density at radius 3 is 0.662 bits per heavy atom. The van der Waals surface area contributed by atoms with Crippen molar-refractivity contribution in [3.8, 4) is 44.5 Å². The van der Waals surface area contributed by atoms with Crippen LogP contribution < -0.4 is 9.97 Å². The number of aromatic nitrogens is 8. The molecule has 0 N–H and O–H groups in total. The summed E-state index contributed by atoms with van der Waals surface area (Å²) < 4.78 is 0. The van der Waals surface area contributed by atoms with E-state index >= 15 is 0 Å². The molecule has 2 aliphatic heterocycles. The largest absolute Gasteiger partial charge is 2.00 e. The fourth-order valence-electron chi connectivity index (χ4n) is 8.97. The number of hydrogen-bond donors (Lipinski definition) is 0. The van der Waals surface area contributed by atoms with Crippen molar-refractivity contribution in [2.45, 2.75) is 0 Å². The molecular formula is C68H48N8Ru. The van der Waals surface area contributed by atoms with Gasteiger partial charge in [-0.15, -0.1) is 22.1 Å². The van der Waals surface area contributed by atoms with E-state index in [1.54, 1.807) is 49.6 Å². The van der Waals surface area contributed by atoms with Crippen molar-refractivity contribution in [3.05, 3.63) is 289 Å². The minimum Gasteiger partial charge on any atom is -0.657 e. The Hall–Kier alpha value is -9.82. The van der Waals surface area contributed by atoms with E-state index in [0.717, 1.165) is 112 Å². The average Bonchev–Trinajstić information content (AvgIpc) is 4.36. The molecule has 9 heterocycles. The number of nitrogens with zero attached hydrogens (tertiary/aromatic N) is 8. The van der Waals surface area contributed by atoms with E-state index in [1.165, 1.54) is 0 Å². The van der Waals surface area contributed by atoms with Gasteiger partial charge in [-0.3, -0.25) is 19.9 Å². The van der Waals surface area contributed by atoms with E-state index < -0.39 is 0 Å². The van der Waals surface area contributed by atoms with Crippen molar-refractivity contribution in [2.24, 2.45) is 0 Å². The Morgan fingerprint density at radius 1 is 0.247 bits per heavy atom. The summed E-state index contributed by atoms with van der Waals surface area (Å²) in [6.07, 6.45) is 30.9. The first-order chi connectivity index (χ1) is 37.7. The molecule has 0 atom stereocenters. The van der Waals surface area contributed by atoms with Crippen LogP contribution >= 0.6 is 0 Å². The number of hydrogen-bond acceptors (Lipinski definition) is 6. The Labute approximate surface area is 460 Å². The third-order valence-corrected chi connectivity index (χ3v) is 12.6. The summed E-state index contributed by atoms with van der Waals surface area (Å²) in [4.78, 5) is 37.1. The van der Waals surface area contributed by atoms with Gasteiger partial charge in [0.1, 0.15) is 0 Å². The minimum atomic E-state index is 0. The maximum absolute atomic E-state index is 5.31. The van der Waals surface area contributed by atoms with Crippen molar-refractivity contribution < 1.29 is 19.5 Å². The van der Waals surface area contributed by atoms with Crippen LogP contribution in [-0.2, 0) is 19.5 Å². The first-order valence-corrected chi connectivity index (χ1v) is 24.9. The van der Waals surface area contributed by atoms with Crippen molar-refractivity contribution in [1.82, 2.24) is 39.9 Å². The molecule has 0 fully saturated rings. The van der Waals surface area contributed by atoms with Crippen LogP contribution in [-0.4, -0.2) is 29.9 Å². The Balaban J connectivity index is 0.000000188. The van der Waals surface area contributed by atoms with Gasteiger partial charge in [-0.05, 0) is 140 Å². The van der Waals surface area contributed by atoms with E-state index in [2.05, 4.69) is 190 Å². The minimum absolute atomic E-state index is 0. The monoisotopic (exact) mass is 1080 g/mol. The van der Waals surface area contributed by atoms with E-state index in [0.29, 0.717) is 0 Å². The van der Waals surface area contributed by atoms with Gasteiger partial charge in [0, 0.05) is 49.6 Å². The van der Waals surface area contributed by atoms with Gasteiger partial charge >= 0.3 is 19.5 Å². The summed E-state index contributed by atoms with van der Waals surface area (Å²) in [5.41, 5.74) is 19.6. The van der Waals surface area contributed by atoms with Gasteiger partial charge in [0.15, 0.2) is 0 Å². The quantitative estimate of drug-likeness (QED) is 0.139. The summed E-state index contributed by atoms with van der Waals surface area (Å²) >= 11 is 0. The van der Waals surface area contributed by atoms with Crippen molar-refractivity contribution in [1.29, 1.82) is 0 Å². The van der Waals surface area contributed by atoms with Crippen molar-refractivity contribution >= 4 is 70.7 Å². The molecule has 77 heavy (non-hydrogen) atoms. The molecule has 0 unspecified atom stereocenters. The van der Waals surface area contributed by atoms with Crippen molar-refractivity contribution in [3.63, 3.8) is 0 Å². The van der Waals surface area contributed by atoms with E-state index in [9.17, 15) is 0 Å². The molecule has 0 saturated heterocycles. The third kappa shape index (κ3) is 12.4. The SMILES string of the molecule is C(=C\c1ccncc1)/c1ccncc1.C(=C\c1ccncc1)/c1ccncc1.C1=Cc2nc1c(-c1ccccc1)c1ccc([n-]1)c(-c1ccccc1)c1nc(c(-c3ccccc3)c3ccc([n-]3)c2-c2ccccc2)C=C1.[Ru+2]. The van der Waals surface area contributed by atoms with Gasteiger partial charge in [0.2, 0.25) is 0 Å². The summed E-state index contributed by atoms with van der Waals surface area (Å²) in [6, 6.07) is 65.8. The predicted molar refractivity (Wildman–Crippen MR) is 313 cm³/mol. The van der Waals surface area contributed by atoms with Crippen LogP contribution in [0.3, 0.4) is 0 Å². The molecule has 7 aromatic heterocycles. The molecule has 9 heteroatoms. The maximum Gasteiger partial charge on any atom is 2.00 e. The summed E-state index contributed by atoms with van der Waals surface area (Å²) in [6.45, 7) is 0. The molecule has 4 aromatic carbocycles. The maximum atomic E-state index is 5.31. The predicted octanol–water partition coefficient (Wildman–Crippen LogP) is 15.9. The van der Waals surface area contributed by atoms with E-state index in [4.69, 9.17) is 19.9 Å². The topological polar surface area (TPSA) is 106 Å². The molecular weight excluding hydrogens is 1030 g/mol. The van der Waals surface area contributed by atoms with E-state index in [-0.39, 0.29) is 19.5 Å². The number of benzene rings is 4. The Morgan fingerprint density at radius 2 is 0.455 bits per heavy atom. The summed E-state index contributed by atoms with van der Waals surface area (Å²) in [5, 5.41) is 0. The van der Waals surface area contributed by atoms with Gasteiger partial charge < -0.3 is 9.97 Å².